The molecule has 2 fully saturated rings. The number of carboxylic acid groups (broad SMARTS) is 1. The van der Waals surface area contributed by atoms with Gasteiger partial charge in [0.1, 0.15) is 6.04 Å². The number of hydrogen-bond donors (Lipinski definition) is 1. The Kier molecular flexibility index (Phi) is 4.99. The van der Waals surface area contributed by atoms with Crippen LogP contribution >= 0.6 is 0 Å². The molecule has 2 heterocycles. The molecule has 2 aliphatic rings. The minimum absolute atomic E-state index is 0.227. The van der Waals surface area contributed by atoms with Crippen molar-refractivity contribution < 1.29 is 9.90 Å². The fraction of sp³-hybridized carbons (Fsp3) is 0.800. The SMILES string of the molecule is CC(C)=CCN1CCC(N2CCCC2C(=O)O)CC1. The van der Waals surface area contributed by atoms with Crippen LogP contribution in [0.3, 0.4) is 0 Å². The second-order valence-corrected chi connectivity index (χ2v) is 6.05. The number of nitrogens with zero attached hydrogens (tertiary/aromatic N) is 2. The van der Waals surface area contributed by atoms with Gasteiger partial charge in [-0.3, -0.25) is 14.6 Å². The third-order valence-electron chi connectivity index (χ3n) is 4.36. The number of likely N-dealkylation sites (tertiary alicyclic amines) is 2. The Morgan fingerprint density at radius 2 is 1.89 bits per heavy atom. The van der Waals surface area contributed by atoms with Crippen molar-refractivity contribution in [2.75, 3.05) is 26.2 Å². The van der Waals surface area contributed by atoms with E-state index in [1.807, 2.05) is 0 Å². The van der Waals surface area contributed by atoms with Crippen molar-refractivity contribution in [2.24, 2.45) is 0 Å². The summed E-state index contributed by atoms with van der Waals surface area (Å²) < 4.78 is 0. The summed E-state index contributed by atoms with van der Waals surface area (Å²) in [6, 6.07) is 0.251. The molecule has 2 rings (SSSR count). The quantitative estimate of drug-likeness (QED) is 0.790. The highest BCUT2D eigenvalue weighted by Crippen LogP contribution is 2.26. The van der Waals surface area contributed by atoms with Gasteiger partial charge in [-0.25, -0.2) is 0 Å². The Morgan fingerprint density at radius 3 is 2.47 bits per heavy atom. The molecule has 108 valence electrons. The molecule has 2 saturated heterocycles. The molecule has 0 aromatic rings. The topological polar surface area (TPSA) is 43.8 Å². The van der Waals surface area contributed by atoms with Crippen LogP contribution in [0, 0.1) is 0 Å². The smallest absolute Gasteiger partial charge is 0.320 e. The minimum Gasteiger partial charge on any atom is -0.480 e. The molecule has 0 aromatic carbocycles. The first-order valence-electron chi connectivity index (χ1n) is 7.42. The first kappa shape index (κ1) is 14.5. The first-order chi connectivity index (χ1) is 9.08. The van der Waals surface area contributed by atoms with Crippen LogP contribution in [0.2, 0.25) is 0 Å². The summed E-state index contributed by atoms with van der Waals surface area (Å²) in [5.74, 6) is -0.635. The van der Waals surface area contributed by atoms with Gasteiger partial charge in [-0.2, -0.15) is 0 Å². The predicted octanol–water partition coefficient (Wildman–Crippen LogP) is 1.97. The molecule has 0 amide bonds. The second kappa shape index (κ2) is 6.53. The van der Waals surface area contributed by atoms with Gasteiger partial charge in [0.15, 0.2) is 0 Å². The molecule has 0 aliphatic carbocycles. The van der Waals surface area contributed by atoms with Crippen molar-refractivity contribution in [3.63, 3.8) is 0 Å². The number of carbonyl (C=O) groups is 1. The maximum Gasteiger partial charge on any atom is 0.320 e. The molecule has 0 spiro atoms. The monoisotopic (exact) mass is 266 g/mol. The number of hydrogen-bond acceptors (Lipinski definition) is 3. The van der Waals surface area contributed by atoms with Gasteiger partial charge in [-0.1, -0.05) is 11.6 Å². The van der Waals surface area contributed by atoms with Crippen LogP contribution in [0.4, 0.5) is 0 Å². The lowest BCUT2D eigenvalue weighted by atomic mass is 10.0. The van der Waals surface area contributed by atoms with Crippen LogP contribution in [0.25, 0.3) is 0 Å². The largest absolute Gasteiger partial charge is 0.480 e. The Hall–Kier alpha value is -0.870. The molecule has 1 N–H and O–H groups in total. The molecule has 0 saturated carbocycles. The van der Waals surface area contributed by atoms with Crippen molar-refractivity contribution in [1.29, 1.82) is 0 Å². The van der Waals surface area contributed by atoms with E-state index in [-0.39, 0.29) is 6.04 Å². The zero-order chi connectivity index (χ0) is 13.8. The van der Waals surface area contributed by atoms with E-state index in [1.54, 1.807) is 0 Å². The molecule has 1 unspecified atom stereocenters. The summed E-state index contributed by atoms with van der Waals surface area (Å²) >= 11 is 0. The molecule has 2 aliphatic heterocycles. The van der Waals surface area contributed by atoms with Gasteiger partial charge in [0, 0.05) is 12.6 Å². The van der Waals surface area contributed by atoms with Crippen molar-refractivity contribution in [1.82, 2.24) is 9.80 Å². The Bertz CT molecular complexity index is 342. The second-order valence-electron chi connectivity index (χ2n) is 6.05. The number of rotatable bonds is 4. The lowest BCUT2D eigenvalue weighted by molar-refractivity contribution is -0.143. The normalized spacial score (nSPS) is 26.5. The van der Waals surface area contributed by atoms with E-state index < -0.39 is 5.97 Å². The van der Waals surface area contributed by atoms with Crippen molar-refractivity contribution in [3.05, 3.63) is 11.6 Å². The summed E-state index contributed by atoms with van der Waals surface area (Å²) in [7, 11) is 0. The van der Waals surface area contributed by atoms with Gasteiger partial charge < -0.3 is 5.11 Å². The Morgan fingerprint density at radius 1 is 1.21 bits per heavy atom. The first-order valence-corrected chi connectivity index (χ1v) is 7.42. The Labute approximate surface area is 116 Å². The van der Waals surface area contributed by atoms with E-state index in [9.17, 15) is 9.90 Å². The highest BCUT2D eigenvalue weighted by atomic mass is 16.4. The van der Waals surface area contributed by atoms with Crippen LogP contribution < -0.4 is 0 Å². The summed E-state index contributed by atoms with van der Waals surface area (Å²) in [6.07, 6.45) is 6.36. The average molecular weight is 266 g/mol. The van der Waals surface area contributed by atoms with E-state index in [2.05, 4.69) is 29.7 Å². The third kappa shape index (κ3) is 3.80. The van der Waals surface area contributed by atoms with Gasteiger partial charge in [-0.05, 0) is 59.2 Å². The molecule has 0 bridgehead atoms. The molecule has 4 heteroatoms. The van der Waals surface area contributed by atoms with Crippen LogP contribution in [0.5, 0.6) is 0 Å². The molecule has 1 atom stereocenters. The summed E-state index contributed by atoms with van der Waals surface area (Å²) in [6.45, 7) is 8.46. The summed E-state index contributed by atoms with van der Waals surface area (Å²) in [5.41, 5.74) is 1.37. The third-order valence-corrected chi connectivity index (χ3v) is 4.36. The van der Waals surface area contributed by atoms with E-state index in [4.69, 9.17) is 0 Å². The van der Waals surface area contributed by atoms with E-state index in [0.29, 0.717) is 6.04 Å². The average Bonchev–Trinajstić information content (AvgIpc) is 2.86. The zero-order valence-corrected chi connectivity index (χ0v) is 12.1. The fourth-order valence-corrected chi connectivity index (χ4v) is 3.24. The zero-order valence-electron chi connectivity index (χ0n) is 12.1. The molecule has 0 aromatic heterocycles. The molecular formula is C15H26N2O2. The molecule has 0 radical (unpaired) electrons. The predicted molar refractivity (Wildman–Crippen MR) is 76.3 cm³/mol. The molecule has 4 nitrogen and oxygen atoms in total. The Balaban J connectivity index is 1.83. The van der Waals surface area contributed by atoms with Gasteiger partial charge in [0.25, 0.3) is 0 Å². The van der Waals surface area contributed by atoms with Crippen molar-refractivity contribution in [3.8, 4) is 0 Å². The minimum atomic E-state index is -0.635. The maximum absolute atomic E-state index is 11.2. The van der Waals surface area contributed by atoms with Gasteiger partial charge in [0.05, 0.1) is 0 Å². The number of carboxylic acids is 1. The number of piperidine rings is 1. The van der Waals surface area contributed by atoms with E-state index in [0.717, 1.165) is 51.9 Å². The standard InChI is InChI=1S/C15H26N2O2/c1-12(2)5-9-16-10-6-13(7-11-16)17-8-3-4-14(17)15(18)19/h5,13-14H,3-4,6-11H2,1-2H3,(H,18,19). The summed E-state index contributed by atoms with van der Waals surface area (Å²) in [5, 5.41) is 9.25. The van der Waals surface area contributed by atoms with Gasteiger partial charge >= 0.3 is 5.97 Å². The van der Waals surface area contributed by atoms with E-state index in [1.165, 1.54) is 5.57 Å². The lowest BCUT2D eigenvalue weighted by Crippen LogP contribution is -2.48. The van der Waals surface area contributed by atoms with Gasteiger partial charge in [-0.15, -0.1) is 0 Å². The maximum atomic E-state index is 11.2. The molecular weight excluding hydrogens is 240 g/mol. The fourth-order valence-electron chi connectivity index (χ4n) is 3.24. The van der Waals surface area contributed by atoms with E-state index >= 15 is 0 Å². The number of allylic oxidation sites excluding steroid dienone is 1. The van der Waals surface area contributed by atoms with Gasteiger partial charge in [0.2, 0.25) is 0 Å². The van der Waals surface area contributed by atoms with Crippen molar-refractivity contribution >= 4 is 5.97 Å². The van der Waals surface area contributed by atoms with Crippen LogP contribution in [0.1, 0.15) is 39.5 Å². The highest BCUT2D eigenvalue weighted by Gasteiger charge is 2.36. The summed E-state index contributed by atoms with van der Waals surface area (Å²) in [4.78, 5) is 15.9. The number of aliphatic carboxylic acids is 1. The van der Waals surface area contributed by atoms with Crippen LogP contribution in [-0.2, 0) is 4.79 Å². The van der Waals surface area contributed by atoms with Crippen molar-refractivity contribution in [2.45, 2.75) is 51.6 Å². The van der Waals surface area contributed by atoms with Crippen LogP contribution in [0.15, 0.2) is 11.6 Å². The lowest BCUT2D eigenvalue weighted by Gasteiger charge is -2.38. The highest BCUT2D eigenvalue weighted by molar-refractivity contribution is 5.73. The molecule has 19 heavy (non-hydrogen) atoms. The van der Waals surface area contributed by atoms with Crippen LogP contribution in [-0.4, -0.2) is 59.1 Å².